The molecular formula is C23H35N9O2. The van der Waals surface area contributed by atoms with Crippen LogP contribution < -0.4 is 11.1 Å². The predicted octanol–water partition coefficient (Wildman–Crippen LogP) is 1.47. The second-order valence-corrected chi connectivity index (χ2v) is 8.66. The topological polar surface area (TPSA) is 138 Å². The van der Waals surface area contributed by atoms with Crippen LogP contribution in [0.1, 0.15) is 43.0 Å². The lowest BCUT2D eigenvalue weighted by Crippen LogP contribution is -2.29. The van der Waals surface area contributed by atoms with Crippen LogP contribution in [0.15, 0.2) is 18.5 Å². The highest BCUT2D eigenvalue weighted by atomic mass is 16.3. The molecule has 0 atom stereocenters. The summed E-state index contributed by atoms with van der Waals surface area (Å²) in [4.78, 5) is 29.2. The van der Waals surface area contributed by atoms with Gasteiger partial charge in [-0.1, -0.05) is 13.3 Å². The van der Waals surface area contributed by atoms with Gasteiger partial charge in [0.05, 0.1) is 25.0 Å². The first-order valence-electron chi connectivity index (χ1n) is 11.5. The van der Waals surface area contributed by atoms with Crippen LogP contribution >= 0.6 is 0 Å². The number of aliphatic hydroxyl groups excluding tert-OH is 1. The second-order valence-electron chi connectivity index (χ2n) is 8.66. The van der Waals surface area contributed by atoms with Crippen molar-refractivity contribution in [1.82, 2.24) is 34.5 Å². The highest BCUT2D eigenvalue weighted by Crippen LogP contribution is 2.23. The van der Waals surface area contributed by atoms with Crippen molar-refractivity contribution in [2.24, 2.45) is 0 Å². The Morgan fingerprint density at radius 1 is 1.24 bits per heavy atom. The summed E-state index contributed by atoms with van der Waals surface area (Å²) in [5.41, 5.74) is 9.54. The van der Waals surface area contributed by atoms with Gasteiger partial charge in [-0.25, -0.2) is 4.98 Å². The van der Waals surface area contributed by atoms with Crippen molar-refractivity contribution in [3.63, 3.8) is 0 Å². The van der Waals surface area contributed by atoms with Crippen LogP contribution in [0, 0.1) is 0 Å². The Bertz CT molecular complexity index is 1110. The lowest BCUT2D eigenvalue weighted by Gasteiger charge is -2.19. The molecule has 0 spiro atoms. The average molecular weight is 470 g/mol. The number of carbonyl (C=O) groups excluding carboxylic acids is 1. The van der Waals surface area contributed by atoms with Crippen molar-refractivity contribution in [2.75, 3.05) is 45.3 Å². The number of carbonyl (C=O) groups is 1. The average Bonchev–Trinajstić information content (AvgIpc) is 3.20. The number of anilines is 2. The highest BCUT2D eigenvalue weighted by Gasteiger charge is 2.16. The third kappa shape index (κ3) is 6.39. The lowest BCUT2D eigenvalue weighted by atomic mass is 10.1. The summed E-state index contributed by atoms with van der Waals surface area (Å²) in [6.07, 6.45) is 5.87. The van der Waals surface area contributed by atoms with Gasteiger partial charge in [0.1, 0.15) is 11.0 Å². The maximum Gasteiger partial charge on any atom is 0.223 e. The second kappa shape index (κ2) is 11.7. The van der Waals surface area contributed by atoms with Gasteiger partial charge in [-0.15, -0.1) is 0 Å². The Labute approximate surface area is 200 Å². The number of hydrogen-bond acceptors (Lipinski definition) is 9. The SMILES string of the molecule is CCCCNc1nc(N)nc2cnn(Cc3cc(CN(C)C(=O)CCN(C)C)cnc3CO)c12. The molecule has 0 unspecified atom stereocenters. The van der Waals surface area contributed by atoms with Crippen LogP contribution in [0.5, 0.6) is 0 Å². The normalized spacial score (nSPS) is 11.4. The smallest absolute Gasteiger partial charge is 0.223 e. The summed E-state index contributed by atoms with van der Waals surface area (Å²) in [6, 6.07) is 1.96. The summed E-state index contributed by atoms with van der Waals surface area (Å²) < 4.78 is 1.79. The van der Waals surface area contributed by atoms with E-state index in [1.165, 1.54) is 0 Å². The molecule has 0 aliphatic carbocycles. The molecule has 11 nitrogen and oxygen atoms in total. The monoisotopic (exact) mass is 469 g/mol. The zero-order chi connectivity index (χ0) is 24.7. The molecule has 34 heavy (non-hydrogen) atoms. The van der Waals surface area contributed by atoms with Crippen molar-refractivity contribution < 1.29 is 9.90 Å². The number of nitrogens with two attached hydrogens (primary N) is 1. The van der Waals surface area contributed by atoms with Gasteiger partial charge in [0.2, 0.25) is 11.9 Å². The number of pyridine rings is 1. The van der Waals surface area contributed by atoms with Crippen LogP contribution in [-0.4, -0.2) is 79.8 Å². The number of nitrogens with one attached hydrogen (secondary N) is 1. The first kappa shape index (κ1) is 25.3. The first-order valence-corrected chi connectivity index (χ1v) is 11.5. The quantitative estimate of drug-likeness (QED) is 0.337. The summed E-state index contributed by atoms with van der Waals surface area (Å²) in [6.45, 7) is 4.19. The zero-order valence-electron chi connectivity index (χ0n) is 20.5. The fraction of sp³-hybridized carbons (Fsp3) is 0.522. The van der Waals surface area contributed by atoms with E-state index in [-0.39, 0.29) is 18.5 Å². The molecule has 1 amide bonds. The van der Waals surface area contributed by atoms with Crippen molar-refractivity contribution in [3.8, 4) is 0 Å². The number of nitrogens with zero attached hydrogens (tertiary/aromatic N) is 7. The third-order valence-electron chi connectivity index (χ3n) is 5.53. The van der Waals surface area contributed by atoms with Crippen molar-refractivity contribution in [1.29, 1.82) is 0 Å². The number of aliphatic hydroxyl groups is 1. The largest absolute Gasteiger partial charge is 0.390 e. The fourth-order valence-electron chi connectivity index (χ4n) is 3.63. The molecule has 4 N–H and O–H groups in total. The maximum absolute atomic E-state index is 12.4. The number of amides is 1. The van der Waals surface area contributed by atoms with Crippen LogP contribution in [0.3, 0.4) is 0 Å². The molecule has 0 radical (unpaired) electrons. The molecule has 0 aliphatic heterocycles. The van der Waals surface area contributed by atoms with Crippen molar-refractivity contribution in [3.05, 3.63) is 35.3 Å². The Morgan fingerprint density at radius 3 is 2.74 bits per heavy atom. The summed E-state index contributed by atoms with van der Waals surface area (Å²) in [7, 11) is 5.68. The predicted molar refractivity (Wildman–Crippen MR) is 132 cm³/mol. The maximum atomic E-state index is 12.4. The fourth-order valence-corrected chi connectivity index (χ4v) is 3.63. The molecular weight excluding hydrogens is 434 g/mol. The van der Waals surface area contributed by atoms with Gasteiger partial charge in [0.25, 0.3) is 0 Å². The van der Waals surface area contributed by atoms with Crippen molar-refractivity contribution >= 4 is 28.7 Å². The van der Waals surface area contributed by atoms with Crippen LogP contribution in [-0.2, 0) is 24.5 Å². The molecule has 3 aromatic rings. The van der Waals surface area contributed by atoms with E-state index in [0.717, 1.165) is 36.0 Å². The zero-order valence-corrected chi connectivity index (χ0v) is 20.5. The molecule has 0 bridgehead atoms. The number of aromatic nitrogens is 5. The Morgan fingerprint density at radius 2 is 2.03 bits per heavy atom. The van der Waals surface area contributed by atoms with Crippen molar-refractivity contribution in [2.45, 2.75) is 45.9 Å². The van der Waals surface area contributed by atoms with E-state index in [1.807, 2.05) is 25.1 Å². The Balaban J connectivity index is 1.85. The van der Waals surface area contributed by atoms with Crippen LogP contribution in [0.25, 0.3) is 11.0 Å². The molecule has 0 saturated carbocycles. The standard InChI is InChI=1S/C23H35N9O2/c1-5-6-8-25-22-21-18(28-23(24)29-22)12-27-32(21)14-17-10-16(11-26-19(17)15-33)13-31(4)20(34)7-9-30(2)3/h10-12,33H,5-9,13-15H2,1-4H3,(H3,24,25,28,29). The number of hydrogen-bond donors (Lipinski definition) is 3. The Hall–Kier alpha value is -3.31. The summed E-state index contributed by atoms with van der Waals surface area (Å²) in [5, 5.41) is 17.7. The number of unbranched alkanes of at least 4 members (excludes halogenated alkanes) is 1. The van der Waals surface area contributed by atoms with E-state index in [4.69, 9.17) is 5.73 Å². The molecule has 184 valence electrons. The first-order chi connectivity index (χ1) is 16.3. The molecule has 0 fully saturated rings. The molecule has 0 saturated heterocycles. The van der Waals surface area contributed by atoms with Gasteiger partial charge in [0.15, 0.2) is 5.82 Å². The number of fused-ring (bicyclic) bond motifs is 1. The van der Waals surface area contributed by atoms with Gasteiger partial charge in [0, 0.05) is 39.3 Å². The van der Waals surface area contributed by atoms with Gasteiger partial charge >= 0.3 is 0 Å². The molecule has 0 aliphatic rings. The van der Waals surface area contributed by atoms with Gasteiger partial charge in [-0.05, 0) is 37.7 Å². The minimum Gasteiger partial charge on any atom is -0.390 e. The Kier molecular flexibility index (Phi) is 8.72. The van der Waals surface area contributed by atoms with Crippen LogP contribution in [0.4, 0.5) is 11.8 Å². The minimum atomic E-state index is -0.197. The van der Waals surface area contributed by atoms with Gasteiger partial charge < -0.3 is 26.0 Å². The van der Waals surface area contributed by atoms with E-state index in [0.29, 0.717) is 43.1 Å². The van der Waals surface area contributed by atoms with E-state index in [1.54, 1.807) is 29.0 Å². The van der Waals surface area contributed by atoms with Gasteiger partial charge in [-0.2, -0.15) is 10.1 Å². The summed E-state index contributed by atoms with van der Waals surface area (Å²) in [5.74, 6) is 0.888. The lowest BCUT2D eigenvalue weighted by molar-refractivity contribution is -0.130. The van der Waals surface area contributed by atoms with E-state index in [9.17, 15) is 9.90 Å². The minimum absolute atomic E-state index is 0.0667. The van der Waals surface area contributed by atoms with E-state index >= 15 is 0 Å². The van der Waals surface area contributed by atoms with Crippen LogP contribution in [0.2, 0.25) is 0 Å². The number of nitrogen functional groups attached to an aromatic ring is 1. The molecule has 3 aromatic heterocycles. The molecule has 0 aromatic carbocycles. The van der Waals surface area contributed by atoms with E-state index in [2.05, 4.69) is 32.3 Å². The molecule has 3 heterocycles. The highest BCUT2D eigenvalue weighted by molar-refractivity contribution is 5.86. The molecule has 11 heteroatoms. The third-order valence-corrected chi connectivity index (χ3v) is 5.53. The van der Waals surface area contributed by atoms with E-state index < -0.39 is 0 Å². The van der Waals surface area contributed by atoms with Gasteiger partial charge in [-0.3, -0.25) is 14.5 Å². The number of rotatable bonds is 12. The molecule has 3 rings (SSSR count). The summed E-state index contributed by atoms with van der Waals surface area (Å²) >= 11 is 0.